The molecule has 0 unspecified atom stereocenters. The van der Waals surface area contributed by atoms with Crippen LogP contribution in [0.3, 0.4) is 0 Å². The molecular formula is C11H11ClN2O. The molecule has 0 spiro atoms. The Labute approximate surface area is 92.1 Å². The summed E-state index contributed by atoms with van der Waals surface area (Å²) in [6.07, 6.45) is 2.53. The third-order valence-corrected chi connectivity index (χ3v) is 3.22. The van der Waals surface area contributed by atoms with Gasteiger partial charge < -0.3 is 5.11 Å². The highest BCUT2D eigenvalue weighted by Crippen LogP contribution is 2.38. The van der Waals surface area contributed by atoms with Gasteiger partial charge in [-0.3, -0.25) is 5.10 Å². The average molecular weight is 223 g/mol. The Morgan fingerprint density at radius 3 is 3.00 bits per heavy atom. The fourth-order valence-electron chi connectivity index (χ4n) is 1.84. The Kier molecular flexibility index (Phi) is 1.82. The number of aliphatic hydroxyl groups is 1. The highest BCUT2D eigenvalue weighted by Gasteiger charge is 2.40. The largest absolute Gasteiger partial charge is 0.390 e. The van der Waals surface area contributed by atoms with Crippen LogP contribution in [0.25, 0.3) is 10.9 Å². The van der Waals surface area contributed by atoms with Gasteiger partial charge in [0.05, 0.1) is 11.1 Å². The fraction of sp³-hybridized carbons (Fsp3) is 0.364. The number of fused-ring (bicyclic) bond motifs is 1. The number of halogens is 1. The highest BCUT2D eigenvalue weighted by molar-refractivity contribution is 6.34. The molecule has 2 aromatic rings. The van der Waals surface area contributed by atoms with E-state index in [4.69, 9.17) is 11.6 Å². The molecular weight excluding hydrogens is 212 g/mol. The van der Waals surface area contributed by atoms with E-state index >= 15 is 0 Å². The molecule has 1 heterocycles. The number of aromatic nitrogens is 2. The predicted octanol–water partition coefficient (Wildman–Crippen LogP) is 2.28. The normalized spacial score (nSPS) is 18.3. The lowest BCUT2D eigenvalue weighted by Gasteiger charge is -2.06. The molecule has 1 aliphatic carbocycles. The van der Waals surface area contributed by atoms with E-state index in [0.29, 0.717) is 11.6 Å². The molecule has 0 radical (unpaired) electrons. The first-order valence-corrected chi connectivity index (χ1v) is 5.39. The molecule has 4 heteroatoms. The van der Waals surface area contributed by atoms with Gasteiger partial charge in [-0.05, 0) is 30.5 Å². The fourth-order valence-corrected chi connectivity index (χ4v) is 2.04. The minimum absolute atomic E-state index is 0.451. The Hall–Kier alpha value is -1.06. The van der Waals surface area contributed by atoms with E-state index in [0.717, 1.165) is 29.3 Å². The second-order valence-corrected chi connectivity index (χ2v) is 4.67. The number of rotatable bonds is 2. The SMILES string of the molecule is OC1(Cc2ccc3c(Cl)[nH]nc3c2)CC1. The van der Waals surface area contributed by atoms with E-state index < -0.39 is 5.60 Å². The molecule has 1 saturated carbocycles. The number of hydrogen-bond acceptors (Lipinski definition) is 2. The Bertz CT molecular complexity index is 516. The number of benzene rings is 1. The van der Waals surface area contributed by atoms with E-state index in [9.17, 15) is 5.11 Å². The molecule has 1 aromatic heterocycles. The zero-order valence-electron chi connectivity index (χ0n) is 8.13. The van der Waals surface area contributed by atoms with Crippen LogP contribution in [0, 0.1) is 0 Å². The molecule has 0 amide bonds. The Balaban J connectivity index is 1.99. The standard InChI is InChI=1S/C11H11ClN2O/c12-10-8-2-1-7(5-9(8)13-14-10)6-11(15)3-4-11/h1-2,5,15H,3-4,6H2,(H,13,14). The van der Waals surface area contributed by atoms with Crippen molar-refractivity contribution in [3.05, 3.63) is 28.9 Å². The number of aromatic amines is 1. The Morgan fingerprint density at radius 2 is 2.27 bits per heavy atom. The summed E-state index contributed by atoms with van der Waals surface area (Å²) in [4.78, 5) is 0. The van der Waals surface area contributed by atoms with Crippen LogP contribution in [0.5, 0.6) is 0 Å². The minimum Gasteiger partial charge on any atom is -0.390 e. The smallest absolute Gasteiger partial charge is 0.132 e. The molecule has 0 aliphatic heterocycles. The van der Waals surface area contributed by atoms with Gasteiger partial charge in [0.1, 0.15) is 5.15 Å². The van der Waals surface area contributed by atoms with Crippen molar-refractivity contribution >= 4 is 22.5 Å². The van der Waals surface area contributed by atoms with E-state index in [-0.39, 0.29) is 0 Å². The van der Waals surface area contributed by atoms with Gasteiger partial charge in [-0.25, -0.2) is 0 Å². The molecule has 3 nitrogen and oxygen atoms in total. The zero-order chi connectivity index (χ0) is 10.5. The molecule has 0 bridgehead atoms. The molecule has 1 aliphatic rings. The van der Waals surface area contributed by atoms with Crippen molar-refractivity contribution in [3.63, 3.8) is 0 Å². The first kappa shape index (κ1) is 9.19. The molecule has 2 N–H and O–H groups in total. The van der Waals surface area contributed by atoms with Crippen LogP contribution < -0.4 is 0 Å². The lowest BCUT2D eigenvalue weighted by molar-refractivity contribution is 0.151. The van der Waals surface area contributed by atoms with Crippen LogP contribution in [-0.4, -0.2) is 20.9 Å². The van der Waals surface area contributed by atoms with Gasteiger partial charge in [0.25, 0.3) is 0 Å². The van der Waals surface area contributed by atoms with Crippen LogP contribution in [0.2, 0.25) is 5.15 Å². The van der Waals surface area contributed by atoms with Gasteiger partial charge in [-0.15, -0.1) is 0 Å². The average Bonchev–Trinajstić information content (AvgIpc) is 2.81. The van der Waals surface area contributed by atoms with Gasteiger partial charge in [0, 0.05) is 11.8 Å². The number of hydrogen-bond donors (Lipinski definition) is 2. The lowest BCUT2D eigenvalue weighted by Crippen LogP contribution is -2.10. The predicted molar refractivity (Wildman–Crippen MR) is 59.0 cm³/mol. The molecule has 0 atom stereocenters. The van der Waals surface area contributed by atoms with Crippen molar-refractivity contribution in [2.45, 2.75) is 24.9 Å². The summed E-state index contributed by atoms with van der Waals surface area (Å²) < 4.78 is 0. The summed E-state index contributed by atoms with van der Waals surface area (Å²) in [5.41, 5.74) is 1.53. The van der Waals surface area contributed by atoms with Crippen molar-refractivity contribution in [1.29, 1.82) is 0 Å². The summed E-state index contributed by atoms with van der Waals surface area (Å²) in [5, 5.41) is 18.1. The van der Waals surface area contributed by atoms with Gasteiger partial charge in [0.2, 0.25) is 0 Å². The second-order valence-electron chi connectivity index (χ2n) is 4.29. The van der Waals surface area contributed by atoms with Gasteiger partial charge in [-0.1, -0.05) is 17.7 Å². The van der Waals surface area contributed by atoms with Crippen molar-refractivity contribution in [2.75, 3.05) is 0 Å². The van der Waals surface area contributed by atoms with Gasteiger partial charge >= 0.3 is 0 Å². The maximum absolute atomic E-state index is 9.81. The third-order valence-electron chi connectivity index (χ3n) is 2.93. The van der Waals surface area contributed by atoms with E-state index in [1.54, 1.807) is 0 Å². The minimum atomic E-state index is -0.451. The third kappa shape index (κ3) is 1.62. The van der Waals surface area contributed by atoms with Crippen molar-refractivity contribution < 1.29 is 5.11 Å². The van der Waals surface area contributed by atoms with E-state index in [1.165, 1.54) is 0 Å². The number of H-pyrrole nitrogens is 1. The van der Waals surface area contributed by atoms with Crippen LogP contribution in [0.4, 0.5) is 0 Å². The van der Waals surface area contributed by atoms with Crippen molar-refractivity contribution in [2.24, 2.45) is 0 Å². The maximum atomic E-state index is 9.81. The molecule has 15 heavy (non-hydrogen) atoms. The van der Waals surface area contributed by atoms with Gasteiger partial charge in [-0.2, -0.15) is 5.10 Å². The van der Waals surface area contributed by atoms with E-state index in [2.05, 4.69) is 10.2 Å². The summed E-state index contributed by atoms with van der Waals surface area (Å²) in [6.45, 7) is 0. The van der Waals surface area contributed by atoms with Crippen LogP contribution in [0.1, 0.15) is 18.4 Å². The molecule has 78 valence electrons. The van der Waals surface area contributed by atoms with Crippen LogP contribution >= 0.6 is 11.6 Å². The van der Waals surface area contributed by atoms with Crippen LogP contribution in [-0.2, 0) is 6.42 Å². The number of nitrogens with zero attached hydrogens (tertiary/aromatic N) is 1. The quantitative estimate of drug-likeness (QED) is 0.819. The molecule has 1 fully saturated rings. The topological polar surface area (TPSA) is 48.9 Å². The van der Waals surface area contributed by atoms with E-state index in [1.807, 2.05) is 18.2 Å². The zero-order valence-corrected chi connectivity index (χ0v) is 8.88. The summed E-state index contributed by atoms with van der Waals surface area (Å²) >= 11 is 5.90. The Morgan fingerprint density at radius 1 is 1.47 bits per heavy atom. The van der Waals surface area contributed by atoms with Gasteiger partial charge in [0.15, 0.2) is 0 Å². The first-order valence-electron chi connectivity index (χ1n) is 5.01. The molecule has 1 aromatic carbocycles. The number of nitrogens with one attached hydrogen (secondary N) is 1. The highest BCUT2D eigenvalue weighted by atomic mass is 35.5. The molecule has 3 rings (SSSR count). The van der Waals surface area contributed by atoms with Crippen LogP contribution in [0.15, 0.2) is 18.2 Å². The van der Waals surface area contributed by atoms with Crippen molar-refractivity contribution in [1.82, 2.24) is 10.2 Å². The van der Waals surface area contributed by atoms with Crippen molar-refractivity contribution in [3.8, 4) is 0 Å². The molecule has 0 saturated heterocycles. The second kappa shape index (κ2) is 2.97. The summed E-state index contributed by atoms with van der Waals surface area (Å²) in [7, 11) is 0. The lowest BCUT2D eigenvalue weighted by atomic mass is 10.1. The summed E-state index contributed by atoms with van der Waals surface area (Å²) in [5.74, 6) is 0. The maximum Gasteiger partial charge on any atom is 0.132 e. The summed E-state index contributed by atoms with van der Waals surface area (Å²) in [6, 6.07) is 5.93. The monoisotopic (exact) mass is 222 g/mol. The first-order chi connectivity index (χ1) is 7.16.